The highest BCUT2D eigenvalue weighted by molar-refractivity contribution is 14.1. The van der Waals surface area contributed by atoms with E-state index in [-0.39, 0.29) is 5.96 Å². The summed E-state index contributed by atoms with van der Waals surface area (Å²) in [5.41, 5.74) is 16.0. The summed E-state index contributed by atoms with van der Waals surface area (Å²) >= 11 is 3.70. The van der Waals surface area contributed by atoms with Gasteiger partial charge in [-0.2, -0.15) is 10.2 Å². The SMILES string of the molecule is C/C(=N\N=C(N)N)c1sc(N/N=C/c2ccc(I)cc2)nc1C. The molecule has 0 unspecified atom stereocenters. The maximum absolute atomic E-state index is 5.27. The molecular formula is C14H16IN7S. The minimum Gasteiger partial charge on any atom is -0.369 e. The van der Waals surface area contributed by atoms with Gasteiger partial charge in [0.25, 0.3) is 0 Å². The number of rotatable bonds is 5. The molecule has 120 valence electrons. The predicted molar refractivity (Wildman–Crippen MR) is 105 cm³/mol. The van der Waals surface area contributed by atoms with Crippen molar-refractivity contribution in [3.63, 3.8) is 0 Å². The second kappa shape index (κ2) is 8.02. The fraction of sp³-hybridized carbons (Fsp3) is 0.143. The Morgan fingerprint density at radius 2 is 1.96 bits per heavy atom. The number of anilines is 1. The molecule has 9 heteroatoms. The lowest BCUT2D eigenvalue weighted by atomic mass is 10.2. The van der Waals surface area contributed by atoms with E-state index in [9.17, 15) is 0 Å². The van der Waals surface area contributed by atoms with E-state index in [1.165, 1.54) is 14.9 Å². The molecule has 0 atom stereocenters. The molecular weight excluding hydrogens is 425 g/mol. The summed E-state index contributed by atoms with van der Waals surface area (Å²) in [7, 11) is 0. The van der Waals surface area contributed by atoms with Gasteiger partial charge in [0.05, 0.1) is 22.5 Å². The maximum Gasteiger partial charge on any atom is 0.211 e. The van der Waals surface area contributed by atoms with Crippen LogP contribution in [0.4, 0.5) is 5.13 Å². The molecule has 0 spiro atoms. The molecule has 0 aliphatic rings. The van der Waals surface area contributed by atoms with Crippen LogP contribution in [0.3, 0.4) is 0 Å². The molecule has 0 saturated heterocycles. The molecule has 0 radical (unpaired) electrons. The number of hydrogen-bond acceptors (Lipinski definition) is 6. The molecule has 1 aromatic heterocycles. The first-order valence-electron chi connectivity index (χ1n) is 6.61. The molecule has 0 bridgehead atoms. The minimum absolute atomic E-state index is 0.0769. The van der Waals surface area contributed by atoms with Gasteiger partial charge in [-0.25, -0.2) is 4.98 Å². The van der Waals surface area contributed by atoms with Crippen LogP contribution in [0, 0.1) is 10.5 Å². The Kier molecular flexibility index (Phi) is 6.04. The average Bonchev–Trinajstić information content (AvgIpc) is 2.88. The van der Waals surface area contributed by atoms with Crippen molar-refractivity contribution in [1.29, 1.82) is 0 Å². The van der Waals surface area contributed by atoms with Crippen molar-refractivity contribution < 1.29 is 0 Å². The smallest absolute Gasteiger partial charge is 0.211 e. The van der Waals surface area contributed by atoms with Gasteiger partial charge < -0.3 is 11.5 Å². The number of benzene rings is 1. The molecule has 0 aliphatic heterocycles. The Bertz CT molecular complexity index is 758. The molecule has 0 aliphatic carbocycles. The van der Waals surface area contributed by atoms with Crippen LogP contribution in [0.15, 0.2) is 39.6 Å². The van der Waals surface area contributed by atoms with Gasteiger partial charge in [0, 0.05) is 3.57 Å². The fourth-order valence-corrected chi connectivity index (χ4v) is 2.88. The van der Waals surface area contributed by atoms with Crippen molar-refractivity contribution in [2.75, 3.05) is 5.43 Å². The van der Waals surface area contributed by atoms with E-state index >= 15 is 0 Å². The van der Waals surface area contributed by atoms with Gasteiger partial charge in [0.2, 0.25) is 11.1 Å². The van der Waals surface area contributed by atoms with E-state index < -0.39 is 0 Å². The largest absolute Gasteiger partial charge is 0.369 e. The van der Waals surface area contributed by atoms with Crippen molar-refractivity contribution in [1.82, 2.24) is 4.98 Å². The van der Waals surface area contributed by atoms with Crippen LogP contribution in [0.2, 0.25) is 0 Å². The summed E-state index contributed by atoms with van der Waals surface area (Å²) < 4.78 is 1.18. The summed E-state index contributed by atoms with van der Waals surface area (Å²) in [6.07, 6.45) is 1.74. The minimum atomic E-state index is -0.0769. The Labute approximate surface area is 151 Å². The number of thiazole rings is 1. The highest BCUT2D eigenvalue weighted by atomic mass is 127. The van der Waals surface area contributed by atoms with Gasteiger partial charge in [-0.15, -0.1) is 5.10 Å². The maximum atomic E-state index is 5.27. The molecule has 7 nitrogen and oxygen atoms in total. The zero-order valence-corrected chi connectivity index (χ0v) is 15.6. The number of nitrogens with zero attached hydrogens (tertiary/aromatic N) is 4. The normalized spacial score (nSPS) is 11.7. The van der Waals surface area contributed by atoms with Crippen molar-refractivity contribution in [2.24, 2.45) is 26.8 Å². The second-order valence-corrected chi connectivity index (χ2v) is 6.81. The van der Waals surface area contributed by atoms with E-state index in [0.29, 0.717) is 10.8 Å². The van der Waals surface area contributed by atoms with E-state index in [4.69, 9.17) is 11.5 Å². The molecule has 0 amide bonds. The lowest BCUT2D eigenvalue weighted by molar-refractivity contribution is 1.18. The van der Waals surface area contributed by atoms with Gasteiger partial charge in [0.1, 0.15) is 0 Å². The second-order valence-electron chi connectivity index (χ2n) is 4.57. The van der Waals surface area contributed by atoms with Crippen molar-refractivity contribution in [2.45, 2.75) is 13.8 Å². The molecule has 2 rings (SSSR count). The number of hydrazone groups is 1. The molecule has 0 fully saturated rings. The molecule has 2 aromatic rings. The van der Waals surface area contributed by atoms with Crippen LogP contribution in [0.1, 0.15) is 23.1 Å². The van der Waals surface area contributed by atoms with Crippen LogP contribution in [0.5, 0.6) is 0 Å². The lowest BCUT2D eigenvalue weighted by Crippen LogP contribution is -2.22. The molecule has 23 heavy (non-hydrogen) atoms. The number of aromatic nitrogens is 1. The first kappa shape index (κ1) is 17.3. The van der Waals surface area contributed by atoms with Crippen LogP contribution in [-0.2, 0) is 0 Å². The molecule has 1 heterocycles. The Hall–Kier alpha value is -2.01. The van der Waals surface area contributed by atoms with Gasteiger partial charge in [-0.3, -0.25) is 5.43 Å². The summed E-state index contributed by atoms with van der Waals surface area (Å²) in [5, 5.41) is 12.5. The zero-order chi connectivity index (χ0) is 16.8. The van der Waals surface area contributed by atoms with E-state index in [0.717, 1.165) is 16.1 Å². The third-order valence-corrected chi connectivity index (χ3v) is 4.57. The molecule has 1 aromatic carbocycles. The topological polar surface area (TPSA) is 114 Å². The van der Waals surface area contributed by atoms with E-state index in [1.54, 1.807) is 6.21 Å². The predicted octanol–water partition coefficient (Wildman–Crippen LogP) is 2.50. The van der Waals surface area contributed by atoms with Crippen LogP contribution in [0.25, 0.3) is 0 Å². The number of guanidine groups is 1. The van der Waals surface area contributed by atoms with Crippen molar-refractivity contribution in [3.05, 3.63) is 44.0 Å². The summed E-state index contributed by atoms with van der Waals surface area (Å²) in [5.74, 6) is -0.0769. The third kappa shape index (κ3) is 5.28. The number of nitrogens with one attached hydrogen (secondary N) is 1. The van der Waals surface area contributed by atoms with Gasteiger partial charge in [-0.1, -0.05) is 23.5 Å². The lowest BCUT2D eigenvalue weighted by Gasteiger charge is -1.95. The summed E-state index contributed by atoms with van der Waals surface area (Å²) in [4.78, 5) is 5.31. The quantitative estimate of drug-likeness (QED) is 0.286. The number of hydrogen-bond donors (Lipinski definition) is 3. The zero-order valence-electron chi connectivity index (χ0n) is 12.6. The first-order valence-corrected chi connectivity index (χ1v) is 8.51. The van der Waals surface area contributed by atoms with Crippen molar-refractivity contribution >= 4 is 56.9 Å². The first-order chi connectivity index (χ1) is 11.0. The molecule has 5 N–H and O–H groups in total. The Morgan fingerprint density at radius 1 is 1.26 bits per heavy atom. The van der Waals surface area contributed by atoms with E-state index in [2.05, 4.69) is 48.3 Å². The average molecular weight is 441 g/mol. The number of nitrogens with two attached hydrogens (primary N) is 2. The summed E-state index contributed by atoms with van der Waals surface area (Å²) in [6, 6.07) is 8.04. The highest BCUT2D eigenvalue weighted by Crippen LogP contribution is 2.23. The van der Waals surface area contributed by atoms with Gasteiger partial charge in [-0.05, 0) is 54.1 Å². The summed E-state index contributed by atoms with van der Waals surface area (Å²) in [6.45, 7) is 3.72. The van der Waals surface area contributed by atoms with Crippen LogP contribution in [-0.4, -0.2) is 22.9 Å². The number of aryl methyl sites for hydroxylation is 1. The Balaban J connectivity index is 2.07. The third-order valence-electron chi connectivity index (χ3n) is 2.68. The standard InChI is InChI=1S/C14H16IN7S/c1-8-12(9(2)20-21-13(16)17)23-14(19-8)22-18-7-10-3-5-11(15)6-4-10/h3-7H,1-2H3,(H,19,22)(H4,16,17,21)/b18-7+,20-9+. The number of halogens is 1. The molecule has 0 saturated carbocycles. The van der Waals surface area contributed by atoms with E-state index in [1.807, 2.05) is 38.1 Å². The Morgan fingerprint density at radius 3 is 2.61 bits per heavy atom. The van der Waals surface area contributed by atoms with Crippen LogP contribution >= 0.6 is 33.9 Å². The van der Waals surface area contributed by atoms with Crippen LogP contribution < -0.4 is 16.9 Å². The van der Waals surface area contributed by atoms with Gasteiger partial charge in [0.15, 0.2) is 0 Å². The van der Waals surface area contributed by atoms with Gasteiger partial charge >= 0.3 is 0 Å². The monoisotopic (exact) mass is 441 g/mol. The fourth-order valence-electron chi connectivity index (χ4n) is 1.67. The van der Waals surface area contributed by atoms with Crippen molar-refractivity contribution in [3.8, 4) is 0 Å². The highest BCUT2D eigenvalue weighted by Gasteiger charge is 2.09.